The minimum atomic E-state index is -0.954. The molecule has 18 heavy (non-hydrogen) atoms. The first-order valence-electron chi connectivity index (χ1n) is 4.39. The first-order chi connectivity index (χ1) is 8.53. The summed E-state index contributed by atoms with van der Waals surface area (Å²) in [6.07, 6.45) is 0. The first-order valence-corrected chi connectivity index (χ1v) is 5.19. The summed E-state index contributed by atoms with van der Waals surface area (Å²) in [6.45, 7) is 0. The summed E-state index contributed by atoms with van der Waals surface area (Å²) in [5.74, 6) is -1.75. The number of halogens is 3. The molecule has 0 radical (unpaired) electrons. The molecule has 0 bridgehead atoms. The molecule has 0 atom stereocenters. The summed E-state index contributed by atoms with van der Waals surface area (Å²) < 4.78 is 26.3. The van der Waals surface area contributed by atoms with Crippen molar-refractivity contribution in [2.45, 2.75) is 0 Å². The number of hydrogen-bond donors (Lipinski definition) is 1. The van der Waals surface area contributed by atoms with E-state index in [1.807, 2.05) is 0 Å². The fraction of sp³-hybridized carbons (Fsp3) is 0. The third kappa shape index (κ3) is 2.82. The lowest BCUT2D eigenvalue weighted by Gasteiger charge is -2.08. The van der Waals surface area contributed by atoms with Crippen molar-refractivity contribution >= 4 is 21.6 Å². The topological polar surface area (TPSA) is 83.4 Å². The Kier molecular flexibility index (Phi) is 4.37. The Morgan fingerprint density at radius 2 is 1.72 bits per heavy atom. The lowest BCUT2D eigenvalue weighted by molar-refractivity contribution is 0.584. The molecule has 1 aromatic rings. The molecule has 0 unspecified atom stereocenters. The van der Waals surface area contributed by atoms with Crippen LogP contribution in [0.15, 0.2) is 27.9 Å². The number of anilines is 1. The van der Waals surface area contributed by atoms with Crippen molar-refractivity contribution < 1.29 is 8.78 Å². The minimum Gasteiger partial charge on any atom is -0.342 e. The summed E-state index contributed by atoms with van der Waals surface area (Å²) in [4.78, 5) is 0. The van der Waals surface area contributed by atoms with Crippen LogP contribution in [0.5, 0.6) is 0 Å². The monoisotopic (exact) mass is 308 g/mol. The molecule has 0 amide bonds. The molecule has 0 aromatic heterocycles. The van der Waals surface area contributed by atoms with Gasteiger partial charge in [-0.2, -0.15) is 15.8 Å². The Labute approximate surface area is 109 Å². The van der Waals surface area contributed by atoms with Crippen LogP contribution in [0.2, 0.25) is 0 Å². The number of nitrogens with zero attached hydrogens (tertiary/aromatic N) is 3. The molecule has 1 N–H and O–H groups in total. The fourth-order valence-corrected chi connectivity index (χ4v) is 1.58. The molecule has 0 saturated heterocycles. The molecule has 4 nitrogen and oxygen atoms in total. The predicted molar refractivity (Wildman–Crippen MR) is 61.5 cm³/mol. The van der Waals surface area contributed by atoms with Crippen molar-refractivity contribution in [3.05, 3.63) is 39.5 Å². The lowest BCUT2D eigenvalue weighted by atomic mass is 10.2. The summed E-state index contributed by atoms with van der Waals surface area (Å²) in [6, 6.07) is 6.15. The third-order valence-corrected chi connectivity index (χ3v) is 2.47. The van der Waals surface area contributed by atoms with E-state index in [1.165, 1.54) is 12.1 Å². The second-order valence-corrected chi connectivity index (χ2v) is 3.81. The molecular weight excluding hydrogens is 306 g/mol. The highest BCUT2D eigenvalue weighted by Crippen LogP contribution is 2.28. The zero-order valence-corrected chi connectivity index (χ0v) is 10.2. The van der Waals surface area contributed by atoms with Crippen LogP contribution in [0.4, 0.5) is 14.5 Å². The maximum atomic E-state index is 13.4. The quantitative estimate of drug-likeness (QED) is 0.851. The van der Waals surface area contributed by atoms with Gasteiger partial charge in [-0.1, -0.05) is 0 Å². The standard InChI is InChI=1S/C11H3BrF2N4/c12-8-1-7(13)2-9(14)11(8)18-10(5-17)6(3-15)4-16/h1-2,18H. The van der Waals surface area contributed by atoms with Crippen LogP contribution in [0.1, 0.15) is 0 Å². The summed E-state index contributed by atoms with van der Waals surface area (Å²) in [5, 5.41) is 28.3. The third-order valence-electron chi connectivity index (χ3n) is 1.84. The molecular formula is C11H3BrF2N4. The smallest absolute Gasteiger partial charge is 0.163 e. The van der Waals surface area contributed by atoms with Crippen LogP contribution < -0.4 is 5.32 Å². The van der Waals surface area contributed by atoms with Gasteiger partial charge in [0.25, 0.3) is 0 Å². The number of benzene rings is 1. The molecule has 0 heterocycles. The largest absolute Gasteiger partial charge is 0.342 e. The van der Waals surface area contributed by atoms with Crippen LogP contribution in [-0.2, 0) is 0 Å². The van der Waals surface area contributed by atoms with E-state index in [-0.39, 0.29) is 10.2 Å². The SMILES string of the molecule is N#CC(C#N)=C(C#N)Nc1c(F)cc(F)cc1Br. The summed E-state index contributed by atoms with van der Waals surface area (Å²) in [5.41, 5.74) is -1.13. The molecule has 7 heteroatoms. The van der Waals surface area contributed by atoms with E-state index >= 15 is 0 Å². The summed E-state index contributed by atoms with van der Waals surface area (Å²) in [7, 11) is 0. The molecule has 0 aliphatic rings. The molecule has 0 spiro atoms. The van der Waals surface area contributed by atoms with Crippen LogP contribution in [0, 0.1) is 45.6 Å². The van der Waals surface area contributed by atoms with Gasteiger partial charge in [-0.25, -0.2) is 8.78 Å². The fourth-order valence-electron chi connectivity index (χ4n) is 1.07. The van der Waals surface area contributed by atoms with Gasteiger partial charge in [0.15, 0.2) is 11.4 Å². The number of rotatable bonds is 2. The average Bonchev–Trinajstić information content (AvgIpc) is 2.32. The van der Waals surface area contributed by atoms with Gasteiger partial charge in [-0.05, 0) is 22.0 Å². The van der Waals surface area contributed by atoms with Gasteiger partial charge in [0.05, 0.1) is 5.69 Å². The van der Waals surface area contributed by atoms with Gasteiger partial charge in [-0.3, -0.25) is 0 Å². The van der Waals surface area contributed by atoms with E-state index in [4.69, 9.17) is 15.8 Å². The number of nitrogens with one attached hydrogen (secondary N) is 1. The Morgan fingerprint density at radius 1 is 1.11 bits per heavy atom. The molecule has 0 aliphatic carbocycles. The Morgan fingerprint density at radius 3 is 2.17 bits per heavy atom. The second-order valence-electron chi connectivity index (χ2n) is 2.95. The summed E-state index contributed by atoms with van der Waals surface area (Å²) >= 11 is 2.91. The molecule has 0 fully saturated rings. The zero-order chi connectivity index (χ0) is 13.7. The average molecular weight is 309 g/mol. The van der Waals surface area contributed by atoms with E-state index in [0.717, 1.165) is 6.07 Å². The van der Waals surface area contributed by atoms with Gasteiger partial charge in [0, 0.05) is 10.5 Å². The van der Waals surface area contributed by atoms with Gasteiger partial charge >= 0.3 is 0 Å². The number of allylic oxidation sites excluding steroid dienone is 2. The van der Waals surface area contributed by atoms with E-state index in [0.29, 0.717) is 6.07 Å². The molecule has 88 valence electrons. The first kappa shape index (κ1) is 13.6. The highest BCUT2D eigenvalue weighted by atomic mass is 79.9. The van der Waals surface area contributed by atoms with Crippen LogP contribution in [0.25, 0.3) is 0 Å². The predicted octanol–water partition coefficient (Wildman–Crippen LogP) is 2.96. The maximum absolute atomic E-state index is 13.4. The van der Waals surface area contributed by atoms with Gasteiger partial charge in [0.1, 0.15) is 29.7 Å². The lowest BCUT2D eigenvalue weighted by Crippen LogP contribution is -2.04. The van der Waals surface area contributed by atoms with Crippen molar-refractivity contribution in [3.8, 4) is 18.2 Å². The molecule has 0 saturated carbocycles. The number of hydrogen-bond acceptors (Lipinski definition) is 4. The van der Waals surface area contributed by atoms with Gasteiger partial charge in [0.2, 0.25) is 0 Å². The normalized spacial score (nSPS) is 8.67. The van der Waals surface area contributed by atoms with E-state index < -0.39 is 22.9 Å². The second kappa shape index (κ2) is 5.77. The van der Waals surface area contributed by atoms with E-state index in [1.54, 1.807) is 6.07 Å². The Hall–Kier alpha value is -2.43. The van der Waals surface area contributed by atoms with Crippen molar-refractivity contribution in [1.29, 1.82) is 15.8 Å². The van der Waals surface area contributed by atoms with E-state index in [9.17, 15) is 8.78 Å². The Bertz CT molecular complexity index is 607. The molecule has 1 rings (SSSR count). The van der Waals surface area contributed by atoms with Crippen molar-refractivity contribution in [2.24, 2.45) is 0 Å². The van der Waals surface area contributed by atoms with Gasteiger partial charge in [-0.15, -0.1) is 0 Å². The molecule has 1 aromatic carbocycles. The van der Waals surface area contributed by atoms with Crippen molar-refractivity contribution in [1.82, 2.24) is 0 Å². The van der Waals surface area contributed by atoms with E-state index in [2.05, 4.69) is 21.2 Å². The number of nitriles is 3. The Balaban J connectivity index is 3.30. The zero-order valence-electron chi connectivity index (χ0n) is 8.63. The van der Waals surface area contributed by atoms with Gasteiger partial charge < -0.3 is 5.32 Å². The highest BCUT2D eigenvalue weighted by molar-refractivity contribution is 9.10. The molecule has 0 aliphatic heterocycles. The van der Waals surface area contributed by atoms with Crippen LogP contribution >= 0.6 is 15.9 Å². The van der Waals surface area contributed by atoms with Crippen LogP contribution in [0.3, 0.4) is 0 Å². The van der Waals surface area contributed by atoms with Crippen molar-refractivity contribution in [3.63, 3.8) is 0 Å². The highest BCUT2D eigenvalue weighted by Gasteiger charge is 2.13. The minimum absolute atomic E-state index is 0.0305. The maximum Gasteiger partial charge on any atom is 0.163 e. The van der Waals surface area contributed by atoms with Crippen molar-refractivity contribution in [2.75, 3.05) is 5.32 Å². The van der Waals surface area contributed by atoms with Crippen LogP contribution in [-0.4, -0.2) is 0 Å².